The molecule has 0 saturated carbocycles. The molecule has 17 heavy (non-hydrogen) atoms. The number of fused-ring (bicyclic) bond motifs is 1. The van der Waals surface area contributed by atoms with Crippen LogP contribution in [0, 0.1) is 0 Å². The molecule has 0 amide bonds. The molecule has 0 atom stereocenters. The minimum atomic E-state index is 0.622. The van der Waals surface area contributed by atoms with Gasteiger partial charge < -0.3 is 10.7 Å². The van der Waals surface area contributed by atoms with Crippen molar-refractivity contribution in [2.75, 3.05) is 6.54 Å². The van der Waals surface area contributed by atoms with Gasteiger partial charge in [-0.2, -0.15) is 0 Å². The summed E-state index contributed by atoms with van der Waals surface area (Å²) in [6, 6.07) is 1.88. The Hall–Kier alpha value is -1.79. The van der Waals surface area contributed by atoms with Gasteiger partial charge >= 0.3 is 0 Å². The molecule has 3 aromatic rings. The molecule has 0 radical (unpaired) electrons. The summed E-state index contributed by atoms with van der Waals surface area (Å²) in [5.74, 6) is 0.785. The normalized spacial score (nSPS) is 11.1. The molecular weight excluding hydrogens is 234 g/mol. The predicted molar refractivity (Wildman–Crippen MR) is 67.8 cm³/mol. The standard InChI is InChI=1S/C11H11N5S/c12-3-1-10-14-9(6-17-10)11-15-7-2-4-13-5-8(7)16-11/h2,4-6H,1,3,12H2,(H,15,16). The van der Waals surface area contributed by atoms with Crippen LogP contribution in [-0.2, 0) is 6.42 Å². The van der Waals surface area contributed by atoms with Gasteiger partial charge in [-0.3, -0.25) is 4.98 Å². The van der Waals surface area contributed by atoms with Crippen molar-refractivity contribution in [3.8, 4) is 11.5 Å². The second-order valence-corrected chi connectivity index (χ2v) is 4.59. The van der Waals surface area contributed by atoms with Crippen molar-refractivity contribution in [2.24, 2.45) is 5.73 Å². The van der Waals surface area contributed by atoms with Crippen molar-refractivity contribution >= 4 is 22.4 Å². The van der Waals surface area contributed by atoms with E-state index in [-0.39, 0.29) is 0 Å². The van der Waals surface area contributed by atoms with E-state index in [1.54, 1.807) is 23.7 Å². The van der Waals surface area contributed by atoms with Crippen LogP contribution in [0.15, 0.2) is 23.8 Å². The number of nitrogens with two attached hydrogens (primary N) is 1. The van der Waals surface area contributed by atoms with Gasteiger partial charge in [0.15, 0.2) is 5.82 Å². The molecule has 3 heterocycles. The predicted octanol–water partition coefficient (Wildman–Crippen LogP) is 1.58. The Morgan fingerprint density at radius 3 is 3.12 bits per heavy atom. The van der Waals surface area contributed by atoms with Crippen molar-refractivity contribution in [1.82, 2.24) is 19.9 Å². The van der Waals surface area contributed by atoms with Crippen LogP contribution >= 0.6 is 11.3 Å². The highest BCUT2D eigenvalue weighted by atomic mass is 32.1. The van der Waals surface area contributed by atoms with Crippen molar-refractivity contribution in [2.45, 2.75) is 6.42 Å². The first-order chi connectivity index (χ1) is 8.36. The zero-order chi connectivity index (χ0) is 11.7. The first-order valence-electron chi connectivity index (χ1n) is 5.31. The van der Waals surface area contributed by atoms with E-state index in [0.717, 1.165) is 34.0 Å². The maximum absolute atomic E-state index is 5.50. The third kappa shape index (κ3) is 1.92. The monoisotopic (exact) mass is 245 g/mol. The molecule has 6 heteroatoms. The van der Waals surface area contributed by atoms with E-state index >= 15 is 0 Å². The number of aromatic amines is 1. The van der Waals surface area contributed by atoms with Gasteiger partial charge in [0, 0.05) is 18.0 Å². The lowest BCUT2D eigenvalue weighted by molar-refractivity contribution is 0.953. The Morgan fingerprint density at radius 1 is 1.35 bits per heavy atom. The van der Waals surface area contributed by atoms with Gasteiger partial charge in [0.1, 0.15) is 5.69 Å². The van der Waals surface area contributed by atoms with E-state index in [1.807, 2.05) is 11.4 Å². The molecule has 0 saturated heterocycles. The third-order valence-electron chi connectivity index (χ3n) is 2.44. The van der Waals surface area contributed by atoms with Crippen LogP contribution in [0.1, 0.15) is 5.01 Å². The van der Waals surface area contributed by atoms with Crippen molar-refractivity contribution < 1.29 is 0 Å². The van der Waals surface area contributed by atoms with Crippen molar-refractivity contribution in [3.05, 3.63) is 28.8 Å². The molecule has 0 aliphatic heterocycles. The lowest BCUT2D eigenvalue weighted by Crippen LogP contribution is -2.02. The first kappa shape index (κ1) is 10.4. The number of imidazole rings is 1. The number of nitrogens with zero attached hydrogens (tertiary/aromatic N) is 3. The summed E-state index contributed by atoms with van der Waals surface area (Å²) in [5.41, 5.74) is 8.21. The molecule has 0 aromatic carbocycles. The summed E-state index contributed by atoms with van der Waals surface area (Å²) >= 11 is 1.61. The van der Waals surface area contributed by atoms with Crippen LogP contribution in [0.3, 0.4) is 0 Å². The SMILES string of the molecule is NCCc1nc(-c2nc3ccncc3[nH]2)cs1. The number of rotatable bonds is 3. The van der Waals surface area contributed by atoms with E-state index in [0.29, 0.717) is 6.54 Å². The zero-order valence-corrected chi connectivity index (χ0v) is 9.87. The molecule has 3 N–H and O–H groups in total. The molecular formula is C11H11N5S. The minimum absolute atomic E-state index is 0.622. The molecule has 0 unspecified atom stereocenters. The number of thiazole rings is 1. The van der Waals surface area contributed by atoms with Crippen molar-refractivity contribution in [3.63, 3.8) is 0 Å². The molecule has 0 aliphatic rings. The maximum Gasteiger partial charge on any atom is 0.158 e. The van der Waals surface area contributed by atoms with E-state index in [1.165, 1.54) is 0 Å². The molecule has 3 aromatic heterocycles. The van der Waals surface area contributed by atoms with Crippen LogP contribution in [0.4, 0.5) is 0 Å². The quantitative estimate of drug-likeness (QED) is 0.734. The second-order valence-electron chi connectivity index (χ2n) is 3.64. The van der Waals surface area contributed by atoms with Gasteiger partial charge in [0.2, 0.25) is 0 Å². The van der Waals surface area contributed by atoms with E-state index in [9.17, 15) is 0 Å². The fourth-order valence-corrected chi connectivity index (χ4v) is 2.43. The summed E-state index contributed by atoms with van der Waals surface area (Å²) in [6.45, 7) is 0.622. The summed E-state index contributed by atoms with van der Waals surface area (Å²) in [4.78, 5) is 16.2. The maximum atomic E-state index is 5.50. The van der Waals surface area contributed by atoms with Crippen LogP contribution < -0.4 is 5.73 Å². The van der Waals surface area contributed by atoms with Gasteiger partial charge in [-0.1, -0.05) is 0 Å². The Kier molecular flexibility index (Phi) is 2.58. The number of nitrogens with one attached hydrogen (secondary N) is 1. The van der Waals surface area contributed by atoms with Gasteiger partial charge in [-0.15, -0.1) is 11.3 Å². The van der Waals surface area contributed by atoms with Crippen LogP contribution in [0.25, 0.3) is 22.6 Å². The highest BCUT2D eigenvalue weighted by Crippen LogP contribution is 2.21. The Bertz CT molecular complexity index is 609. The van der Waals surface area contributed by atoms with Gasteiger partial charge in [0.25, 0.3) is 0 Å². The van der Waals surface area contributed by atoms with Crippen LogP contribution in [0.5, 0.6) is 0 Å². The zero-order valence-electron chi connectivity index (χ0n) is 9.05. The highest BCUT2D eigenvalue weighted by Gasteiger charge is 2.08. The molecule has 86 valence electrons. The molecule has 0 spiro atoms. The molecule has 5 nitrogen and oxygen atoms in total. The van der Waals surface area contributed by atoms with Crippen LogP contribution in [-0.4, -0.2) is 26.5 Å². The molecule has 0 fully saturated rings. The first-order valence-corrected chi connectivity index (χ1v) is 6.19. The van der Waals surface area contributed by atoms with Gasteiger partial charge in [-0.05, 0) is 12.6 Å². The van der Waals surface area contributed by atoms with E-state index < -0.39 is 0 Å². The number of hydrogen-bond donors (Lipinski definition) is 2. The fraction of sp³-hybridized carbons (Fsp3) is 0.182. The van der Waals surface area contributed by atoms with Gasteiger partial charge in [0.05, 0.1) is 22.2 Å². The summed E-state index contributed by atoms with van der Waals surface area (Å²) < 4.78 is 0. The Morgan fingerprint density at radius 2 is 2.29 bits per heavy atom. The highest BCUT2D eigenvalue weighted by molar-refractivity contribution is 7.09. The number of pyridine rings is 1. The number of H-pyrrole nitrogens is 1. The van der Waals surface area contributed by atoms with E-state index in [2.05, 4.69) is 19.9 Å². The third-order valence-corrected chi connectivity index (χ3v) is 3.34. The number of aromatic nitrogens is 4. The average molecular weight is 245 g/mol. The number of hydrogen-bond acceptors (Lipinski definition) is 5. The van der Waals surface area contributed by atoms with E-state index in [4.69, 9.17) is 5.73 Å². The largest absolute Gasteiger partial charge is 0.335 e. The lowest BCUT2D eigenvalue weighted by atomic mass is 10.4. The molecule has 0 aliphatic carbocycles. The van der Waals surface area contributed by atoms with Gasteiger partial charge in [-0.25, -0.2) is 9.97 Å². The Labute approximate surface area is 102 Å². The summed E-state index contributed by atoms with van der Waals surface area (Å²) in [5, 5.41) is 3.04. The fourth-order valence-electron chi connectivity index (χ4n) is 1.64. The van der Waals surface area contributed by atoms with Crippen molar-refractivity contribution in [1.29, 1.82) is 0 Å². The molecule has 0 bridgehead atoms. The smallest absolute Gasteiger partial charge is 0.158 e. The average Bonchev–Trinajstić information content (AvgIpc) is 2.94. The summed E-state index contributed by atoms with van der Waals surface area (Å²) in [6.07, 6.45) is 4.30. The Balaban J connectivity index is 2.01. The topological polar surface area (TPSA) is 80.5 Å². The minimum Gasteiger partial charge on any atom is -0.335 e. The van der Waals surface area contributed by atoms with Crippen LogP contribution in [0.2, 0.25) is 0 Å². The second kappa shape index (κ2) is 4.23. The molecule has 3 rings (SSSR count). The summed E-state index contributed by atoms with van der Waals surface area (Å²) in [7, 11) is 0. The lowest BCUT2D eigenvalue weighted by Gasteiger charge is -1.89.